The minimum absolute atomic E-state index is 0.0855. The molecule has 0 aliphatic rings. The van der Waals surface area contributed by atoms with E-state index in [4.69, 9.17) is 17.3 Å². The van der Waals surface area contributed by atoms with E-state index in [2.05, 4.69) is 25.1 Å². The summed E-state index contributed by atoms with van der Waals surface area (Å²) >= 11 is 7.90. The maximum atomic E-state index is 6.19. The Kier molecular flexibility index (Phi) is 3.33. The van der Waals surface area contributed by atoms with Crippen molar-refractivity contribution < 1.29 is 0 Å². The standard InChI is InChI=1S/C13H14ClNS/c1-8-3-4-11(14)10(7-8)13-6-5-12(16-13)9(2)15/h3-7,9H,15H2,1-2H3. The van der Waals surface area contributed by atoms with E-state index in [1.54, 1.807) is 11.3 Å². The Labute approximate surface area is 105 Å². The molecule has 0 spiro atoms. The third kappa shape index (κ3) is 2.29. The van der Waals surface area contributed by atoms with Crippen LogP contribution in [-0.2, 0) is 0 Å². The molecule has 0 aliphatic carbocycles. The van der Waals surface area contributed by atoms with Gasteiger partial charge in [-0.05, 0) is 38.1 Å². The predicted octanol–water partition coefficient (Wildman–Crippen LogP) is 4.40. The summed E-state index contributed by atoms with van der Waals surface area (Å²) in [7, 11) is 0. The molecule has 1 nitrogen and oxygen atoms in total. The van der Waals surface area contributed by atoms with E-state index < -0.39 is 0 Å². The summed E-state index contributed by atoms with van der Waals surface area (Å²) in [5.74, 6) is 0. The first-order valence-electron chi connectivity index (χ1n) is 5.20. The number of rotatable bonds is 2. The summed E-state index contributed by atoms with van der Waals surface area (Å²) in [4.78, 5) is 2.37. The van der Waals surface area contributed by atoms with Crippen LogP contribution in [0.25, 0.3) is 10.4 Å². The molecule has 2 aromatic rings. The molecule has 1 atom stereocenters. The summed E-state index contributed by atoms with van der Waals surface area (Å²) in [6.45, 7) is 4.06. The lowest BCUT2D eigenvalue weighted by Crippen LogP contribution is -2.01. The molecule has 1 heterocycles. The Balaban J connectivity index is 2.46. The summed E-state index contributed by atoms with van der Waals surface area (Å²) in [5, 5.41) is 0.795. The van der Waals surface area contributed by atoms with Crippen LogP contribution in [0.5, 0.6) is 0 Å². The quantitative estimate of drug-likeness (QED) is 0.841. The molecular formula is C13H14ClNS. The van der Waals surface area contributed by atoms with Crippen LogP contribution in [0, 0.1) is 6.92 Å². The Hall–Kier alpha value is -0.830. The molecule has 0 amide bonds. The van der Waals surface area contributed by atoms with Gasteiger partial charge in [0.25, 0.3) is 0 Å². The molecule has 84 valence electrons. The molecule has 0 fully saturated rings. The van der Waals surface area contributed by atoms with Gasteiger partial charge >= 0.3 is 0 Å². The molecule has 3 heteroatoms. The average molecular weight is 252 g/mol. The first-order valence-corrected chi connectivity index (χ1v) is 6.39. The third-order valence-corrected chi connectivity index (χ3v) is 4.11. The van der Waals surface area contributed by atoms with Gasteiger partial charge in [-0.25, -0.2) is 0 Å². The molecule has 0 saturated carbocycles. The number of thiophene rings is 1. The molecule has 1 aromatic heterocycles. The van der Waals surface area contributed by atoms with E-state index in [-0.39, 0.29) is 6.04 Å². The van der Waals surface area contributed by atoms with E-state index in [1.165, 1.54) is 15.3 Å². The lowest BCUT2D eigenvalue weighted by molar-refractivity contribution is 0.838. The van der Waals surface area contributed by atoms with E-state index in [0.717, 1.165) is 10.6 Å². The first-order chi connectivity index (χ1) is 7.58. The molecular weight excluding hydrogens is 238 g/mol. The van der Waals surface area contributed by atoms with Crippen molar-refractivity contribution >= 4 is 22.9 Å². The van der Waals surface area contributed by atoms with E-state index in [9.17, 15) is 0 Å². The van der Waals surface area contributed by atoms with Crippen LogP contribution in [0.3, 0.4) is 0 Å². The van der Waals surface area contributed by atoms with Crippen molar-refractivity contribution in [2.24, 2.45) is 5.73 Å². The highest BCUT2D eigenvalue weighted by Gasteiger charge is 2.09. The molecule has 2 rings (SSSR count). The molecule has 0 aliphatic heterocycles. The van der Waals surface area contributed by atoms with Crippen LogP contribution < -0.4 is 5.73 Å². The Morgan fingerprint density at radius 1 is 1.25 bits per heavy atom. The van der Waals surface area contributed by atoms with Gasteiger partial charge in [-0.15, -0.1) is 11.3 Å². The zero-order valence-electron chi connectivity index (χ0n) is 9.33. The van der Waals surface area contributed by atoms with Crippen molar-refractivity contribution in [2.75, 3.05) is 0 Å². The lowest BCUT2D eigenvalue weighted by atomic mass is 10.1. The fraction of sp³-hybridized carbons (Fsp3) is 0.231. The molecule has 0 bridgehead atoms. The van der Waals surface area contributed by atoms with Crippen molar-refractivity contribution in [3.05, 3.63) is 45.8 Å². The highest BCUT2D eigenvalue weighted by Crippen LogP contribution is 2.35. The van der Waals surface area contributed by atoms with E-state index >= 15 is 0 Å². The molecule has 0 saturated heterocycles. The Morgan fingerprint density at radius 2 is 2.00 bits per heavy atom. The largest absolute Gasteiger partial charge is 0.324 e. The van der Waals surface area contributed by atoms with Crippen molar-refractivity contribution in [3.8, 4) is 10.4 Å². The summed E-state index contributed by atoms with van der Waals surface area (Å²) < 4.78 is 0. The van der Waals surface area contributed by atoms with Crippen molar-refractivity contribution in [2.45, 2.75) is 19.9 Å². The number of aryl methyl sites for hydroxylation is 1. The van der Waals surface area contributed by atoms with Gasteiger partial charge in [0.2, 0.25) is 0 Å². The summed E-state index contributed by atoms with van der Waals surface area (Å²) in [6.07, 6.45) is 0. The number of hydrogen-bond acceptors (Lipinski definition) is 2. The molecule has 1 aromatic carbocycles. The second kappa shape index (κ2) is 4.58. The van der Waals surface area contributed by atoms with Crippen LogP contribution in [0.2, 0.25) is 5.02 Å². The number of halogens is 1. The fourth-order valence-corrected chi connectivity index (χ4v) is 2.84. The molecule has 16 heavy (non-hydrogen) atoms. The number of benzene rings is 1. The highest BCUT2D eigenvalue weighted by atomic mass is 35.5. The van der Waals surface area contributed by atoms with Crippen LogP contribution >= 0.6 is 22.9 Å². The van der Waals surface area contributed by atoms with Gasteiger partial charge < -0.3 is 5.73 Å². The summed E-state index contributed by atoms with van der Waals surface area (Å²) in [6, 6.07) is 10.3. The third-order valence-electron chi connectivity index (χ3n) is 2.46. The second-order valence-corrected chi connectivity index (χ2v) is 5.50. The van der Waals surface area contributed by atoms with Gasteiger partial charge in [0.05, 0.1) is 0 Å². The maximum absolute atomic E-state index is 6.19. The number of hydrogen-bond donors (Lipinski definition) is 1. The molecule has 1 unspecified atom stereocenters. The van der Waals surface area contributed by atoms with Gasteiger partial charge in [-0.2, -0.15) is 0 Å². The van der Waals surface area contributed by atoms with Gasteiger partial charge in [-0.3, -0.25) is 0 Å². The molecule has 0 radical (unpaired) electrons. The lowest BCUT2D eigenvalue weighted by Gasteiger charge is -2.03. The van der Waals surface area contributed by atoms with Crippen molar-refractivity contribution in [1.29, 1.82) is 0 Å². The Morgan fingerprint density at radius 3 is 2.62 bits per heavy atom. The predicted molar refractivity (Wildman–Crippen MR) is 72.1 cm³/mol. The zero-order chi connectivity index (χ0) is 11.7. The minimum Gasteiger partial charge on any atom is -0.324 e. The van der Waals surface area contributed by atoms with Gasteiger partial charge in [0, 0.05) is 26.4 Å². The van der Waals surface area contributed by atoms with E-state index in [1.807, 2.05) is 19.1 Å². The van der Waals surface area contributed by atoms with Crippen LogP contribution in [0.4, 0.5) is 0 Å². The fourth-order valence-electron chi connectivity index (χ4n) is 1.57. The van der Waals surface area contributed by atoms with Crippen LogP contribution in [-0.4, -0.2) is 0 Å². The van der Waals surface area contributed by atoms with Crippen LogP contribution in [0.15, 0.2) is 30.3 Å². The first kappa shape index (κ1) is 11.6. The Bertz CT molecular complexity index is 502. The topological polar surface area (TPSA) is 26.0 Å². The smallest absolute Gasteiger partial charge is 0.0492 e. The average Bonchev–Trinajstić information content (AvgIpc) is 2.70. The van der Waals surface area contributed by atoms with Crippen molar-refractivity contribution in [1.82, 2.24) is 0 Å². The zero-order valence-corrected chi connectivity index (χ0v) is 10.9. The summed E-state index contributed by atoms with van der Waals surface area (Å²) in [5.41, 5.74) is 8.16. The van der Waals surface area contributed by atoms with Crippen molar-refractivity contribution in [3.63, 3.8) is 0 Å². The van der Waals surface area contributed by atoms with Gasteiger partial charge in [0.15, 0.2) is 0 Å². The molecule has 2 N–H and O–H groups in total. The van der Waals surface area contributed by atoms with Crippen LogP contribution in [0.1, 0.15) is 23.4 Å². The normalized spacial score (nSPS) is 12.8. The SMILES string of the molecule is Cc1ccc(Cl)c(-c2ccc(C(C)N)s2)c1. The monoisotopic (exact) mass is 251 g/mol. The highest BCUT2D eigenvalue weighted by molar-refractivity contribution is 7.15. The maximum Gasteiger partial charge on any atom is 0.0492 e. The van der Waals surface area contributed by atoms with E-state index in [0.29, 0.717) is 0 Å². The van der Waals surface area contributed by atoms with Gasteiger partial charge in [0.1, 0.15) is 0 Å². The minimum atomic E-state index is 0.0855. The van der Waals surface area contributed by atoms with Gasteiger partial charge in [-0.1, -0.05) is 23.2 Å². The number of nitrogens with two attached hydrogens (primary N) is 1. The second-order valence-electron chi connectivity index (χ2n) is 3.97.